The van der Waals surface area contributed by atoms with Crippen LogP contribution in [0, 0.1) is 23.2 Å². The highest BCUT2D eigenvalue weighted by molar-refractivity contribution is 5.94. The summed E-state index contributed by atoms with van der Waals surface area (Å²) in [6.07, 6.45) is -2.60. The van der Waals surface area contributed by atoms with Gasteiger partial charge in [-0.1, -0.05) is 0 Å². The van der Waals surface area contributed by atoms with Crippen LogP contribution in [0.15, 0.2) is 0 Å². The molecule has 0 spiro atoms. The largest absolute Gasteiger partial charge is 0.471 e. The molecule has 3 N–H and O–H groups in total. The number of carbonyl (C=O) groups is 4. The van der Waals surface area contributed by atoms with Crippen molar-refractivity contribution in [2.45, 2.75) is 69.4 Å². The van der Waals surface area contributed by atoms with E-state index in [9.17, 15) is 37.6 Å². The zero-order valence-corrected chi connectivity index (χ0v) is 16.9. The van der Waals surface area contributed by atoms with E-state index in [-0.39, 0.29) is 30.2 Å². The van der Waals surface area contributed by atoms with Gasteiger partial charge < -0.3 is 20.9 Å². The Hall–Kier alpha value is -2.84. The van der Waals surface area contributed by atoms with Gasteiger partial charge in [-0.2, -0.15) is 18.4 Å². The van der Waals surface area contributed by atoms with Crippen LogP contribution in [0.5, 0.6) is 0 Å². The summed E-state index contributed by atoms with van der Waals surface area (Å²) in [5.74, 6) is -4.30. The number of hydrogen-bond donors (Lipinski definition) is 3. The van der Waals surface area contributed by atoms with Gasteiger partial charge in [-0.3, -0.25) is 19.2 Å². The second-order valence-corrected chi connectivity index (χ2v) is 8.31. The van der Waals surface area contributed by atoms with Crippen molar-refractivity contribution in [3.63, 3.8) is 0 Å². The molecule has 3 fully saturated rings. The van der Waals surface area contributed by atoms with Crippen molar-refractivity contribution < 1.29 is 32.3 Å². The minimum Gasteiger partial charge on any atom is -0.356 e. The van der Waals surface area contributed by atoms with Crippen molar-refractivity contribution in [3.8, 4) is 6.07 Å². The maximum atomic E-state index is 13.0. The topological polar surface area (TPSA) is 131 Å². The molecule has 2 saturated heterocycles. The van der Waals surface area contributed by atoms with Crippen molar-refractivity contribution in [2.24, 2.45) is 11.8 Å². The molecule has 6 atom stereocenters. The highest BCUT2D eigenvalue weighted by atomic mass is 19.4. The molecular weight excluding hydrogens is 419 g/mol. The SMILES string of the molecule is CC(NC(=O)C(F)(F)F)C(=O)N1[C@@H]2CC[C@@H](C2)[C@H]1C(=O)N[C@H](C#N)C[C@@H]1CCNC1=O. The summed E-state index contributed by atoms with van der Waals surface area (Å²) in [6.45, 7) is 1.65. The average molecular weight is 443 g/mol. The molecule has 170 valence electrons. The summed E-state index contributed by atoms with van der Waals surface area (Å²) in [5, 5.41) is 16.3. The Morgan fingerprint density at radius 3 is 2.55 bits per heavy atom. The molecule has 31 heavy (non-hydrogen) atoms. The molecule has 1 saturated carbocycles. The minimum atomic E-state index is -5.12. The monoisotopic (exact) mass is 443 g/mol. The standard InChI is InChI=1S/C19H24F3N5O4/c1-9(25-18(31)19(20,21)22)17(30)27-13-3-2-10(7-13)14(27)16(29)26-12(8-23)6-11-4-5-24-15(11)28/h9-14H,2-7H2,1H3,(H,24,28)(H,25,31)(H,26,29)/t9?,10-,11-,12-,13+,14-/m0/s1. The van der Waals surface area contributed by atoms with Gasteiger partial charge in [-0.05, 0) is 44.9 Å². The normalized spacial score (nSPS) is 29.1. The summed E-state index contributed by atoms with van der Waals surface area (Å²) in [4.78, 5) is 50.0. The van der Waals surface area contributed by atoms with E-state index in [4.69, 9.17) is 0 Å². The Labute approximate surface area is 176 Å². The maximum absolute atomic E-state index is 13.0. The van der Waals surface area contributed by atoms with Crippen molar-refractivity contribution in [1.29, 1.82) is 5.26 Å². The molecule has 3 rings (SSSR count). The van der Waals surface area contributed by atoms with E-state index in [1.807, 2.05) is 6.07 Å². The number of likely N-dealkylation sites (tertiary alicyclic amines) is 1. The first kappa shape index (κ1) is 22.8. The van der Waals surface area contributed by atoms with Gasteiger partial charge >= 0.3 is 12.1 Å². The lowest BCUT2D eigenvalue weighted by Crippen LogP contribution is -2.59. The molecule has 0 aromatic carbocycles. The summed E-state index contributed by atoms with van der Waals surface area (Å²) in [5.41, 5.74) is 0. The van der Waals surface area contributed by atoms with E-state index in [1.54, 1.807) is 5.32 Å². The minimum absolute atomic E-state index is 0.140. The van der Waals surface area contributed by atoms with Gasteiger partial charge in [0.05, 0.1) is 6.07 Å². The fourth-order valence-corrected chi connectivity index (χ4v) is 4.76. The van der Waals surface area contributed by atoms with Crippen molar-refractivity contribution in [2.75, 3.05) is 6.54 Å². The molecule has 2 bridgehead atoms. The van der Waals surface area contributed by atoms with E-state index in [1.165, 1.54) is 4.90 Å². The summed E-state index contributed by atoms with van der Waals surface area (Å²) in [6, 6.07) is -1.66. The number of amides is 4. The Morgan fingerprint density at radius 1 is 1.26 bits per heavy atom. The first-order valence-corrected chi connectivity index (χ1v) is 10.2. The summed E-state index contributed by atoms with van der Waals surface area (Å²) < 4.78 is 37.6. The highest BCUT2D eigenvalue weighted by Gasteiger charge is 2.52. The zero-order valence-electron chi connectivity index (χ0n) is 16.9. The predicted octanol–water partition coefficient (Wildman–Crippen LogP) is -0.0325. The molecule has 0 aromatic rings. The second kappa shape index (κ2) is 8.72. The number of carbonyl (C=O) groups excluding carboxylic acids is 4. The zero-order chi connectivity index (χ0) is 22.9. The summed E-state index contributed by atoms with van der Waals surface area (Å²) >= 11 is 0. The van der Waals surface area contributed by atoms with Gasteiger partial charge in [-0.25, -0.2) is 0 Å². The maximum Gasteiger partial charge on any atom is 0.471 e. The molecule has 2 aliphatic heterocycles. The van der Waals surface area contributed by atoms with Gasteiger partial charge in [0, 0.05) is 18.5 Å². The number of nitrogens with zero attached hydrogens (tertiary/aromatic N) is 2. The van der Waals surface area contributed by atoms with Crippen LogP contribution in [0.2, 0.25) is 0 Å². The lowest BCUT2D eigenvalue weighted by atomic mass is 9.95. The molecule has 9 nitrogen and oxygen atoms in total. The van der Waals surface area contributed by atoms with Crippen LogP contribution in [-0.4, -0.2) is 65.4 Å². The number of alkyl halides is 3. The van der Waals surface area contributed by atoms with Crippen molar-refractivity contribution in [3.05, 3.63) is 0 Å². The third kappa shape index (κ3) is 4.75. The number of hydrogen-bond acceptors (Lipinski definition) is 5. The van der Waals surface area contributed by atoms with E-state index >= 15 is 0 Å². The van der Waals surface area contributed by atoms with Crippen LogP contribution < -0.4 is 16.0 Å². The highest BCUT2D eigenvalue weighted by Crippen LogP contribution is 2.43. The van der Waals surface area contributed by atoms with E-state index < -0.39 is 42.0 Å². The smallest absolute Gasteiger partial charge is 0.356 e. The molecule has 1 unspecified atom stereocenters. The Balaban J connectivity index is 1.68. The quantitative estimate of drug-likeness (QED) is 0.531. The molecule has 0 aromatic heterocycles. The molecule has 1 aliphatic carbocycles. The lowest BCUT2D eigenvalue weighted by molar-refractivity contribution is -0.175. The van der Waals surface area contributed by atoms with E-state index in [0.29, 0.717) is 32.2 Å². The van der Waals surface area contributed by atoms with Gasteiger partial charge in [0.2, 0.25) is 17.7 Å². The van der Waals surface area contributed by atoms with Gasteiger partial charge in [0.1, 0.15) is 18.1 Å². The number of nitrogens with one attached hydrogen (secondary N) is 3. The number of nitriles is 1. The molecule has 3 aliphatic rings. The fourth-order valence-electron chi connectivity index (χ4n) is 4.76. The number of fused-ring (bicyclic) bond motifs is 2. The predicted molar refractivity (Wildman–Crippen MR) is 98.7 cm³/mol. The Morgan fingerprint density at radius 2 is 1.97 bits per heavy atom. The van der Waals surface area contributed by atoms with Gasteiger partial charge in [0.25, 0.3) is 0 Å². The van der Waals surface area contributed by atoms with E-state index in [0.717, 1.165) is 6.92 Å². The Bertz CT molecular complexity index is 811. The van der Waals surface area contributed by atoms with Crippen LogP contribution in [0.25, 0.3) is 0 Å². The summed E-state index contributed by atoms with van der Waals surface area (Å²) in [7, 11) is 0. The van der Waals surface area contributed by atoms with Crippen LogP contribution in [-0.2, 0) is 19.2 Å². The van der Waals surface area contributed by atoms with E-state index in [2.05, 4.69) is 10.6 Å². The van der Waals surface area contributed by atoms with Crippen LogP contribution in [0.1, 0.15) is 39.0 Å². The second-order valence-electron chi connectivity index (χ2n) is 8.31. The van der Waals surface area contributed by atoms with Crippen LogP contribution in [0.4, 0.5) is 13.2 Å². The van der Waals surface area contributed by atoms with Crippen LogP contribution >= 0.6 is 0 Å². The molecule has 2 heterocycles. The third-order valence-corrected chi connectivity index (χ3v) is 6.24. The molecule has 12 heteroatoms. The Kier molecular flexibility index (Phi) is 6.43. The van der Waals surface area contributed by atoms with Crippen molar-refractivity contribution in [1.82, 2.24) is 20.9 Å². The van der Waals surface area contributed by atoms with Crippen LogP contribution in [0.3, 0.4) is 0 Å². The van der Waals surface area contributed by atoms with Gasteiger partial charge in [-0.15, -0.1) is 0 Å². The average Bonchev–Trinajstić information content (AvgIpc) is 3.42. The first-order valence-electron chi connectivity index (χ1n) is 10.2. The molecule has 0 radical (unpaired) electrons. The molecular formula is C19H24F3N5O4. The third-order valence-electron chi connectivity index (χ3n) is 6.24. The first-order chi connectivity index (χ1) is 14.5. The van der Waals surface area contributed by atoms with Gasteiger partial charge in [0.15, 0.2) is 0 Å². The molecule has 4 amide bonds. The number of halogens is 3. The number of rotatable bonds is 6. The lowest BCUT2D eigenvalue weighted by Gasteiger charge is -2.36. The number of piperidine rings is 1. The van der Waals surface area contributed by atoms with Crippen molar-refractivity contribution >= 4 is 23.6 Å². The fraction of sp³-hybridized carbons (Fsp3) is 0.737.